The Kier molecular flexibility index (Phi) is 6.51. The minimum Gasteiger partial charge on any atom is -0.497 e. The van der Waals surface area contributed by atoms with Gasteiger partial charge in [0.2, 0.25) is 0 Å². The van der Waals surface area contributed by atoms with Crippen LogP contribution in [-0.4, -0.2) is 37.8 Å². The molecule has 0 saturated heterocycles. The third-order valence-corrected chi connectivity index (χ3v) is 4.50. The van der Waals surface area contributed by atoms with Crippen LogP contribution >= 0.6 is 12.4 Å². The third-order valence-electron chi connectivity index (χ3n) is 4.50. The van der Waals surface area contributed by atoms with Gasteiger partial charge in [-0.1, -0.05) is 25.5 Å². The van der Waals surface area contributed by atoms with Crippen LogP contribution in [0.3, 0.4) is 0 Å². The largest absolute Gasteiger partial charge is 0.497 e. The quantitative estimate of drug-likeness (QED) is 0.925. The number of methoxy groups -OCH3 is 1. The topological polar surface area (TPSA) is 32.7 Å². The highest BCUT2D eigenvalue weighted by Crippen LogP contribution is 2.44. The number of ether oxygens (including phenoxy) is 1. The molecule has 0 bridgehead atoms. The summed E-state index contributed by atoms with van der Waals surface area (Å²) in [6.07, 6.45) is 3.11. The molecule has 1 fully saturated rings. The van der Waals surface area contributed by atoms with E-state index in [-0.39, 0.29) is 18.3 Å². The summed E-state index contributed by atoms with van der Waals surface area (Å²) in [5, 5.41) is 11.4. The molecule has 1 aliphatic carbocycles. The first kappa shape index (κ1) is 18.3. The smallest absolute Gasteiger partial charge is 0.119 e. The molecule has 3 atom stereocenters. The van der Waals surface area contributed by atoms with Gasteiger partial charge in [-0.3, -0.25) is 0 Å². The van der Waals surface area contributed by atoms with Gasteiger partial charge in [-0.05, 0) is 50.6 Å². The predicted molar refractivity (Wildman–Crippen MR) is 89.2 cm³/mol. The van der Waals surface area contributed by atoms with E-state index in [2.05, 4.69) is 25.9 Å². The highest BCUT2D eigenvalue weighted by molar-refractivity contribution is 5.85. The van der Waals surface area contributed by atoms with Crippen molar-refractivity contribution in [3.8, 4) is 5.75 Å². The molecule has 21 heavy (non-hydrogen) atoms. The van der Waals surface area contributed by atoms with Crippen LogP contribution in [0.2, 0.25) is 0 Å². The summed E-state index contributed by atoms with van der Waals surface area (Å²) in [5.41, 5.74) is 0.256. The summed E-state index contributed by atoms with van der Waals surface area (Å²) < 4.78 is 5.31. The molecule has 1 aromatic carbocycles. The number of aliphatic hydroxyl groups is 1. The molecule has 0 unspecified atom stereocenters. The van der Waals surface area contributed by atoms with Gasteiger partial charge in [-0.2, -0.15) is 0 Å². The molecular weight excluding hydrogens is 286 g/mol. The molecule has 120 valence electrons. The summed E-state index contributed by atoms with van der Waals surface area (Å²) in [5.74, 6) is 1.66. The summed E-state index contributed by atoms with van der Waals surface area (Å²) in [6.45, 7) is 3.15. The van der Waals surface area contributed by atoms with Gasteiger partial charge in [0.1, 0.15) is 5.75 Å². The molecule has 0 radical (unpaired) electrons. The number of hydrogen-bond acceptors (Lipinski definition) is 3. The maximum absolute atomic E-state index is 11.4. The van der Waals surface area contributed by atoms with Crippen LogP contribution in [0.1, 0.15) is 31.7 Å². The number of nitrogens with zero attached hydrogens (tertiary/aromatic N) is 1. The lowest BCUT2D eigenvalue weighted by molar-refractivity contribution is -0.0766. The van der Waals surface area contributed by atoms with Crippen LogP contribution in [0, 0.1) is 11.8 Å². The van der Waals surface area contributed by atoms with Gasteiger partial charge in [0.15, 0.2) is 0 Å². The molecule has 1 saturated carbocycles. The second-order valence-corrected chi connectivity index (χ2v) is 6.50. The van der Waals surface area contributed by atoms with Crippen molar-refractivity contribution in [2.75, 3.05) is 27.7 Å². The van der Waals surface area contributed by atoms with Crippen molar-refractivity contribution in [1.82, 2.24) is 4.90 Å². The van der Waals surface area contributed by atoms with Crippen molar-refractivity contribution in [2.24, 2.45) is 11.8 Å². The Bertz CT molecular complexity index is 452. The van der Waals surface area contributed by atoms with Gasteiger partial charge in [0.05, 0.1) is 12.7 Å². The first-order chi connectivity index (χ1) is 9.45. The van der Waals surface area contributed by atoms with Gasteiger partial charge in [-0.25, -0.2) is 0 Å². The van der Waals surface area contributed by atoms with E-state index in [1.165, 1.54) is 6.42 Å². The second-order valence-electron chi connectivity index (χ2n) is 6.50. The maximum Gasteiger partial charge on any atom is 0.119 e. The van der Waals surface area contributed by atoms with Gasteiger partial charge in [0.25, 0.3) is 0 Å². The second kappa shape index (κ2) is 7.48. The van der Waals surface area contributed by atoms with Gasteiger partial charge < -0.3 is 14.7 Å². The summed E-state index contributed by atoms with van der Waals surface area (Å²) in [4.78, 5) is 2.17. The normalized spacial score (nSPS) is 29.0. The van der Waals surface area contributed by atoms with Crippen LogP contribution in [0.4, 0.5) is 0 Å². The zero-order chi connectivity index (χ0) is 14.8. The highest BCUT2D eigenvalue weighted by atomic mass is 35.5. The van der Waals surface area contributed by atoms with Crippen molar-refractivity contribution < 1.29 is 9.84 Å². The Hall–Kier alpha value is -0.770. The van der Waals surface area contributed by atoms with Crippen molar-refractivity contribution in [1.29, 1.82) is 0 Å². The van der Waals surface area contributed by atoms with E-state index in [0.29, 0.717) is 5.92 Å². The van der Waals surface area contributed by atoms with Crippen LogP contribution in [-0.2, 0) is 5.60 Å². The zero-order valence-corrected chi connectivity index (χ0v) is 14.3. The number of halogens is 1. The van der Waals surface area contributed by atoms with E-state index in [0.717, 1.165) is 30.7 Å². The lowest BCUT2D eigenvalue weighted by Gasteiger charge is -2.44. The predicted octanol–water partition coefficient (Wildman–Crippen LogP) is 3.30. The SMILES string of the molecule is COc1cccc([C@]2(O)C[C@H](C)CC[C@H]2CN(C)C)c1.Cl. The van der Waals surface area contributed by atoms with E-state index < -0.39 is 5.60 Å². The van der Waals surface area contributed by atoms with E-state index in [1.54, 1.807) is 7.11 Å². The maximum atomic E-state index is 11.4. The number of hydrogen-bond donors (Lipinski definition) is 1. The van der Waals surface area contributed by atoms with E-state index in [4.69, 9.17) is 4.74 Å². The van der Waals surface area contributed by atoms with Crippen molar-refractivity contribution in [3.63, 3.8) is 0 Å². The lowest BCUT2D eigenvalue weighted by Crippen LogP contribution is -2.45. The fraction of sp³-hybridized carbons (Fsp3) is 0.647. The van der Waals surface area contributed by atoms with E-state index in [1.807, 2.05) is 24.3 Å². The Morgan fingerprint density at radius 2 is 2.05 bits per heavy atom. The molecule has 0 amide bonds. The van der Waals surface area contributed by atoms with Crippen molar-refractivity contribution >= 4 is 12.4 Å². The minimum absolute atomic E-state index is 0. The molecule has 1 N–H and O–H groups in total. The molecule has 0 aliphatic heterocycles. The summed E-state index contributed by atoms with van der Waals surface area (Å²) in [7, 11) is 5.82. The van der Waals surface area contributed by atoms with Crippen LogP contribution < -0.4 is 4.74 Å². The third kappa shape index (κ3) is 4.12. The minimum atomic E-state index is -0.740. The van der Waals surface area contributed by atoms with Gasteiger partial charge in [-0.15, -0.1) is 12.4 Å². The van der Waals surface area contributed by atoms with Gasteiger partial charge in [0, 0.05) is 12.5 Å². The van der Waals surface area contributed by atoms with Crippen LogP contribution in [0.15, 0.2) is 24.3 Å². The Morgan fingerprint density at radius 1 is 1.33 bits per heavy atom. The molecule has 1 aromatic rings. The molecular formula is C17H28ClNO2. The molecule has 4 heteroatoms. The first-order valence-corrected chi connectivity index (χ1v) is 7.47. The van der Waals surface area contributed by atoms with Gasteiger partial charge >= 0.3 is 0 Å². The fourth-order valence-electron chi connectivity index (χ4n) is 3.45. The lowest BCUT2D eigenvalue weighted by atomic mass is 9.68. The summed E-state index contributed by atoms with van der Waals surface area (Å²) >= 11 is 0. The summed E-state index contributed by atoms with van der Waals surface area (Å²) in [6, 6.07) is 7.92. The number of benzene rings is 1. The molecule has 0 spiro atoms. The van der Waals surface area contributed by atoms with Crippen LogP contribution in [0.5, 0.6) is 5.75 Å². The Balaban J connectivity index is 0.00000220. The molecule has 2 rings (SSSR count). The Morgan fingerprint density at radius 3 is 2.67 bits per heavy atom. The Labute approximate surface area is 134 Å². The average Bonchev–Trinajstić information content (AvgIpc) is 2.42. The van der Waals surface area contributed by atoms with E-state index in [9.17, 15) is 5.11 Å². The number of rotatable bonds is 4. The zero-order valence-electron chi connectivity index (χ0n) is 13.5. The molecule has 0 heterocycles. The monoisotopic (exact) mass is 313 g/mol. The first-order valence-electron chi connectivity index (χ1n) is 7.47. The van der Waals surface area contributed by atoms with Crippen LogP contribution in [0.25, 0.3) is 0 Å². The molecule has 1 aliphatic rings. The highest BCUT2D eigenvalue weighted by Gasteiger charge is 2.42. The standard InChI is InChI=1S/C17H27NO2.ClH/c1-13-8-9-15(12-18(2)3)17(19,11-13)14-6-5-7-16(10-14)20-4;/h5-7,10,13,15,19H,8-9,11-12H2,1-4H3;1H/t13-,15+,17-;/m1./s1. The van der Waals surface area contributed by atoms with Crippen molar-refractivity contribution in [2.45, 2.75) is 31.8 Å². The fourth-order valence-corrected chi connectivity index (χ4v) is 3.45. The van der Waals surface area contributed by atoms with E-state index >= 15 is 0 Å². The average molecular weight is 314 g/mol. The van der Waals surface area contributed by atoms with Crippen molar-refractivity contribution in [3.05, 3.63) is 29.8 Å². The molecule has 3 nitrogen and oxygen atoms in total. The molecule has 0 aromatic heterocycles.